The summed E-state index contributed by atoms with van der Waals surface area (Å²) in [4.78, 5) is 5.48. The summed E-state index contributed by atoms with van der Waals surface area (Å²) in [6.45, 7) is 6.88. The minimum Gasteiger partial charge on any atom is -0.382 e. The van der Waals surface area contributed by atoms with Gasteiger partial charge >= 0.3 is 0 Å². The molecule has 0 saturated carbocycles. The van der Waals surface area contributed by atoms with E-state index in [-0.39, 0.29) is 7.43 Å². The quantitative estimate of drug-likeness (QED) is 0.730. The second-order valence-corrected chi connectivity index (χ2v) is 9.59. The average molecular weight is 217 g/mol. The van der Waals surface area contributed by atoms with Crippen LogP contribution in [-0.2, 0) is 0 Å². The van der Waals surface area contributed by atoms with Crippen LogP contribution in [0.4, 0.5) is 0 Å². The van der Waals surface area contributed by atoms with Gasteiger partial charge in [-0.25, -0.2) is 5.48 Å². The molecule has 1 aromatic carbocycles. The lowest BCUT2D eigenvalue weighted by Crippen LogP contribution is -2.37. The zero-order valence-electron chi connectivity index (χ0n) is 9.29. The molecule has 15 heavy (non-hydrogen) atoms. The van der Waals surface area contributed by atoms with E-state index in [1.54, 1.807) is 0 Å². The van der Waals surface area contributed by atoms with E-state index in [1.807, 2.05) is 18.2 Å². The Morgan fingerprint density at radius 2 is 1.80 bits per heavy atom. The van der Waals surface area contributed by atoms with Gasteiger partial charge in [-0.15, -0.1) is 0 Å². The van der Waals surface area contributed by atoms with E-state index in [0.29, 0.717) is 0 Å². The third-order valence-electron chi connectivity index (χ3n) is 2.30. The molecule has 2 rings (SSSR count). The SMILES string of the molecule is C[Si](C)(C)C1=Cc2ccccc2ON1.[C]. The Morgan fingerprint density at radius 3 is 2.47 bits per heavy atom. The zero-order valence-corrected chi connectivity index (χ0v) is 10.3. The van der Waals surface area contributed by atoms with Gasteiger partial charge in [-0.2, -0.15) is 0 Å². The second kappa shape index (κ2) is 4.11. The molecule has 78 valence electrons. The first-order valence-electron chi connectivity index (χ1n) is 4.81. The number of hydrogen-bond donors (Lipinski definition) is 1. The third-order valence-corrected chi connectivity index (χ3v) is 4.16. The van der Waals surface area contributed by atoms with Crippen molar-refractivity contribution in [3.05, 3.63) is 42.6 Å². The van der Waals surface area contributed by atoms with E-state index >= 15 is 0 Å². The highest BCUT2D eigenvalue weighted by molar-refractivity contribution is 6.83. The highest BCUT2D eigenvalue weighted by atomic mass is 28.3. The molecule has 2 nitrogen and oxygen atoms in total. The second-order valence-electron chi connectivity index (χ2n) is 4.55. The molecule has 0 saturated heterocycles. The lowest BCUT2D eigenvalue weighted by Gasteiger charge is -2.26. The van der Waals surface area contributed by atoms with Crippen molar-refractivity contribution in [2.75, 3.05) is 0 Å². The van der Waals surface area contributed by atoms with Gasteiger partial charge in [0.1, 0.15) is 8.07 Å². The number of hydrogen-bond acceptors (Lipinski definition) is 2. The van der Waals surface area contributed by atoms with E-state index < -0.39 is 8.07 Å². The van der Waals surface area contributed by atoms with Gasteiger partial charge in [0, 0.05) is 18.3 Å². The Labute approximate surface area is 92.9 Å². The molecule has 1 heterocycles. The smallest absolute Gasteiger partial charge is 0.162 e. The molecule has 1 aromatic rings. The van der Waals surface area contributed by atoms with Gasteiger partial charge < -0.3 is 4.84 Å². The third kappa shape index (κ3) is 2.42. The maximum Gasteiger partial charge on any atom is 0.162 e. The molecule has 0 amide bonds. The first kappa shape index (κ1) is 11.8. The van der Waals surface area contributed by atoms with Crippen LogP contribution in [-0.4, -0.2) is 8.07 Å². The topological polar surface area (TPSA) is 21.3 Å². The number of para-hydroxylation sites is 1. The molecule has 1 N–H and O–H groups in total. The van der Waals surface area contributed by atoms with Crippen molar-refractivity contribution in [3.63, 3.8) is 0 Å². The van der Waals surface area contributed by atoms with Gasteiger partial charge in [0.05, 0.1) is 0 Å². The van der Waals surface area contributed by atoms with Gasteiger partial charge in [0.15, 0.2) is 5.75 Å². The van der Waals surface area contributed by atoms with Crippen molar-refractivity contribution >= 4 is 14.1 Å². The molecule has 0 aromatic heterocycles. The van der Waals surface area contributed by atoms with Crippen LogP contribution in [0.5, 0.6) is 5.75 Å². The highest BCUT2D eigenvalue weighted by Gasteiger charge is 2.23. The number of nitrogens with one attached hydrogen (secondary N) is 1. The monoisotopic (exact) mass is 217 g/mol. The van der Waals surface area contributed by atoms with E-state index in [4.69, 9.17) is 4.84 Å². The Hall–Kier alpha value is -1.22. The molecule has 1 aliphatic rings. The molecule has 0 spiro atoms. The predicted molar refractivity (Wildman–Crippen MR) is 64.8 cm³/mol. The molecule has 4 radical (unpaired) electrons. The van der Waals surface area contributed by atoms with Crippen LogP contribution in [0.3, 0.4) is 0 Å². The molecule has 3 heteroatoms. The van der Waals surface area contributed by atoms with Crippen molar-refractivity contribution in [3.8, 4) is 5.75 Å². The van der Waals surface area contributed by atoms with Gasteiger partial charge in [0.2, 0.25) is 0 Å². The minimum absolute atomic E-state index is 0. The van der Waals surface area contributed by atoms with Crippen LogP contribution in [0, 0.1) is 7.43 Å². The van der Waals surface area contributed by atoms with Crippen LogP contribution in [0.1, 0.15) is 5.56 Å². The van der Waals surface area contributed by atoms with Crippen molar-refractivity contribution < 1.29 is 4.84 Å². The highest BCUT2D eigenvalue weighted by Crippen LogP contribution is 2.26. The molecular formula is C12H15NOSi. The summed E-state index contributed by atoms with van der Waals surface area (Å²) >= 11 is 0. The van der Waals surface area contributed by atoms with Crippen LogP contribution in [0.15, 0.2) is 29.6 Å². The summed E-state index contributed by atoms with van der Waals surface area (Å²) in [5.41, 5.74) is 4.21. The average Bonchev–Trinajstić information content (AvgIpc) is 2.16. The van der Waals surface area contributed by atoms with Crippen LogP contribution in [0.25, 0.3) is 6.08 Å². The Kier molecular flexibility index (Phi) is 3.24. The Balaban J connectivity index is 0.00000112. The van der Waals surface area contributed by atoms with Gasteiger partial charge in [-0.1, -0.05) is 37.8 Å². The fourth-order valence-electron chi connectivity index (χ4n) is 1.36. The largest absolute Gasteiger partial charge is 0.382 e. The molecule has 0 aliphatic carbocycles. The zero-order chi connectivity index (χ0) is 10.2. The first-order valence-corrected chi connectivity index (χ1v) is 8.31. The van der Waals surface area contributed by atoms with Crippen LogP contribution >= 0.6 is 0 Å². The van der Waals surface area contributed by atoms with Crippen molar-refractivity contribution in [2.45, 2.75) is 19.6 Å². The lowest BCUT2D eigenvalue weighted by molar-refractivity contribution is 0.232. The standard InChI is InChI=1S/C11H15NOSi.C/c1-14(2,3)11-8-9-6-4-5-7-10(9)13-12-11;/h4-8,12H,1-3H3;. The summed E-state index contributed by atoms with van der Waals surface area (Å²) < 4.78 is 0. The van der Waals surface area contributed by atoms with E-state index in [9.17, 15) is 0 Å². The summed E-state index contributed by atoms with van der Waals surface area (Å²) in [6, 6.07) is 8.07. The normalized spacial score (nSPS) is 13.9. The van der Waals surface area contributed by atoms with Crippen molar-refractivity contribution in [1.82, 2.24) is 5.48 Å². The maximum absolute atomic E-state index is 5.48. The van der Waals surface area contributed by atoms with Gasteiger partial charge in [-0.05, 0) is 12.1 Å². The Bertz CT molecular complexity index is 379. The van der Waals surface area contributed by atoms with Gasteiger partial charge in [0.25, 0.3) is 0 Å². The summed E-state index contributed by atoms with van der Waals surface area (Å²) in [5, 5.41) is 1.25. The Morgan fingerprint density at radius 1 is 1.13 bits per heavy atom. The number of hydroxylamine groups is 1. The van der Waals surface area contributed by atoms with Crippen LogP contribution in [0.2, 0.25) is 19.6 Å². The minimum atomic E-state index is -1.30. The van der Waals surface area contributed by atoms with E-state index in [0.717, 1.165) is 5.75 Å². The molecule has 0 bridgehead atoms. The number of fused-ring (bicyclic) bond motifs is 1. The van der Waals surface area contributed by atoms with E-state index in [2.05, 4.69) is 37.3 Å². The molecule has 1 aliphatic heterocycles. The molecule has 0 atom stereocenters. The number of benzene rings is 1. The summed E-state index contributed by atoms with van der Waals surface area (Å²) in [5.74, 6) is 0.912. The predicted octanol–water partition coefficient (Wildman–Crippen LogP) is 2.88. The number of rotatable bonds is 1. The first-order chi connectivity index (χ1) is 6.57. The fourth-order valence-corrected chi connectivity index (χ4v) is 2.30. The lowest BCUT2D eigenvalue weighted by atomic mass is 10.2. The fraction of sp³-hybridized carbons (Fsp3) is 0.250. The summed E-state index contributed by atoms with van der Waals surface area (Å²) in [7, 11) is -1.30. The van der Waals surface area contributed by atoms with Crippen molar-refractivity contribution in [2.24, 2.45) is 0 Å². The van der Waals surface area contributed by atoms with Gasteiger partial charge in [-0.3, -0.25) is 0 Å². The summed E-state index contributed by atoms with van der Waals surface area (Å²) in [6.07, 6.45) is 2.20. The maximum atomic E-state index is 5.48. The molecule has 0 fully saturated rings. The molecule has 0 unspecified atom stereocenters. The van der Waals surface area contributed by atoms with Crippen molar-refractivity contribution in [1.29, 1.82) is 0 Å². The van der Waals surface area contributed by atoms with Crippen LogP contribution < -0.4 is 10.3 Å². The van der Waals surface area contributed by atoms with E-state index in [1.165, 1.54) is 10.9 Å². The molecular weight excluding hydrogens is 202 g/mol.